The fourth-order valence-corrected chi connectivity index (χ4v) is 3.87. The standard InChI is InChI=1S/C22H24O3/c1-16-12-14-18(15-13-16)22(17-8-4-2-5-9-17)20(25-22)21(23)24-19-10-6-3-7-11-19/h2,4-5,8-9,12-15,19-20H,3,6-7,10-11H2,1H3. The summed E-state index contributed by atoms with van der Waals surface area (Å²) >= 11 is 0. The lowest BCUT2D eigenvalue weighted by molar-refractivity contribution is -0.152. The van der Waals surface area contributed by atoms with Crippen molar-refractivity contribution >= 4 is 5.97 Å². The largest absolute Gasteiger partial charge is 0.460 e. The summed E-state index contributed by atoms with van der Waals surface area (Å²) in [4.78, 5) is 12.8. The Morgan fingerprint density at radius 3 is 2.28 bits per heavy atom. The summed E-state index contributed by atoms with van der Waals surface area (Å²) in [6, 6.07) is 18.2. The average Bonchev–Trinajstić information content (AvgIpc) is 3.41. The normalized spacial score (nSPS) is 26.2. The van der Waals surface area contributed by atoms with E-state index in [9.17, 15) is 4.79 Å². The Labute approximate surface area is 149 Å². The van der Waals surface area contributed by atoms with Gasteiger partial charge in [-0.3, -0.25) is 0 Å². The first-order valence-corrected chi connectivity index (χ1v) is 9.21. The summed E-state index contributed by atoms with van der Waals surface area (Å²) < 4.78 is 11.8. The number of carbonyl (C=O) groups is 1. The molecule has 0 spiro atoms. The molecule has 130 valence electrons. The van der Waals surface area contributed by atoms with Crippen LogP contribution in [0.2, 0.25) is 0 Å². The van der Waals surface area contributed by atoms with Crippen molar-refractivity contribution in [3.05, 3.63) is 71.3 Å². The van der Waals surface area contributed by atoms with Gasteiger partial charge in [0.05, 0.1) is 0 Å². The molecule has 0 aromatic heterocycles. The van der Waals surface area contributed by atoms with Crippen LogP contribution in [0.4, 0.5) is 0 Å². The molecule has 3 nitrogen and oxygen atoms in total. The number of ether oxygens (including phenoxy) is 2. The zero-order valence-corrected chi connectivity index (χ0v) is 14.6. The molecule has 2 atom stereocenters. The van der Waals surface area contributed by atoms with Crippen molar-refractivity contribution in [2.45, 2.75) is 56.8 Å². The van der Waals surface area contributed by atoms with Gasteiger partial charge in [0.2, 0.25) is 0 Å². The van der Waals surface area contributed by atoms with E-state index in [1.165, 1.54) is 12.0 Å². The van der Waals surface area contributed by atoms with Gasteiger partial charge in [0.25, 0.3) is 0 Å². The van der Waals surface area contributed by atoms with Gasteiger partial charge >= 0.3 is 5.97 Å². The Morgan fingerprint density at radius 1 is 0.960 bits per heavy atom. The van der Waals surface area contributed by atoms with Crippen LogP contribution in [-0.2, 0) is 19.9 Å². The summed E-state index contributed by atoms with van der Waals surface area (Å²) in [5, 5.41) is 0. The van der Waals surface area contributed by atoms with Gasteiger partial charge in [-0.25, -0.2) is 4.79 Å². The number of hydrogen-bond acceptors (Lipinski definition) is 3. The van der Waals surface area contributed by atoms with E-state index in [1.54, 1.807) is 0 Å². The zero-order valence-electron chi connectivity index (χ0n) is 14.6. The fourth-order valence-electron chi connectivity index (χ4n) is 3.87. The van der Waals surface area contributed by atoms with Crippen LogP contribution >= 0.6 is 0 Å². The minimum atomic E-state index is -0.708. The van der Waals surface area contributed by atoms with Crippen molar-refractivity contribution in [1.82, 2.24) is 0 Å². The maximum Gasteiger partial charge on any atom is 0.339 e. The van der Waals surface area contributed by atoms with Crippen molar-refractivity contribution in [1.29, 1.82) is 0 Å². The van der Waals surface area contributed by atoms with Crippen LogP contribution in [0.5, 0.6) is 0 Å². The molecule has 1 aliphatic carbocycles. The van der Waals surface area contributed by atoms with Crippen molar-refractivity contribution in [2.75, 3.05) is 0 Å². The molecule has 0 amide bonds. The van der Waals surface area contributed by atoms with Gasteiger partial charge in [0, 0.05) is 0 Å². The van der Waals surface area contributed by atoms with Gasteiger partial charge < -0.3 is 9.47 Å². The fraction of sp³-hybridized carbons (Fsp3) is 0.409. The molecule has 3 heteroatoms. The number of esters is 1. The maximum absolute atomic E-state index is 12.8. The van der Waals surface area contributed by atoms with Gasteiger partial charge in [-0.05, 0) is 43.7 Å². The van der Waals surface area contributed by atoms with Crippen LogP contribution in [0.3, 0.4) is 0 Å². The van der Waals surface area contributed by atoms with Crippen molar-refractivity contribution in [2.24, 2.45) is 0 Å². The summed E-state index contributed by atoms with van der Waals surface area (Å²) in [7, 11) is 0. The highest BCUT2D eigenvalue weighted by Crippen LogP contribution is 2.52. The molecule has 4 rings (SSSR count). The van der Waals surface area contributed by atoms with Gasteiger partial charge in [-0.2, -0.15) is 0 Å². The molecule has 1 heterocycles. The molecule has 2 aliphatic rings. The average molecular weight is 336 g/mol. The van der Waals surface area contributed by atoms with Crippen LogP contribution in [0.1, 0.15) is 48.8 Å². The van der Waals surface area contributed by atoms with Gasteiger partial charge in [0.15, 0.2) is 11.7 Å². The molecule has 1 saturated carbocycles. The summed E-state index contributed by atoms with van der Waals surface area (Å²) in [6.45, 7) is 2.06. The number of benzene rings is 2. The number of carbonyl (C=O) groups excluding carboxylic acids is 1. The van der Waals surface area contributed by atoms with Gasteiger partial charge in [0.1, 0.15) is 6.10 Å². The first-order valence-electron chi connectivity index (χ1n) is 9.21. The van der Waals surface area contributed by atoms with E-state index in [2.05, 4.69) is 31.2 Å². The third-order valence-corrected chi connectivity index (χ3v) is 5.35. The Kier molecular flexibility index (Phi) is 4.34. The Balaban J connectivity index is 1.60. The predicted molar refractivity (Wildman–Crippen MR) is 96.2 cm³/mol. The highest BCUT2D eigenvalue weighted by atomic mass is 16.7. The van der Waals surface area contributed by atoms with Gasteiger partial charge in [-0.15, -0.1) is 0 Å². The Morgan fingerprint density at radius 2 is 1.60 bits per heavy atom. The summed E-state index contributed by atoms with van der Waals surface area (Å²) in [6.07, 6.45) is 4.97. The molecule has 0 bridgehead atoms. The van der Waals surface area contributed by atoms with E-state index in [-0.39, 0.29) is 12.1 Å². The van der Waals surface area contributed by atoms with Gasteiger partial charge in [-0.1, -0.05) is 66.6 Å². The first-order chi connectivity index (χ1) is 12.2. The lowest BCUT2D eigenvalue weighted by Gasteiger charge is -2.22. The van der Waals surface area contributed by atoms with Crippen LogP contribution in [-0.4, -0.2) is 18.2 Å². The second-order valence-electron chi connectivity index (χ2n) is 7.16. The first kappa shape index (κ1) is 16.3. The second kappa shape index (κ2) is 6.64. The van der Waals surface area contributed by atoms with E-state index in [4.69, 9.17) is 9.47 Å². The molecular formula is C22H24O3. The predicted octanol–water partition coefficient (Wildman–Crippen LogP) is 4.51. The zero-order chi connectivity index (χ0) is 17.3. The van der Waals surface area contributed by atoms with Crippen LogP contribution in [0.25, 0.3) is 0 Å². The molecule has 0 N–H and O–H groups in total. The minimum Gasteiger partial charge on any atom is -0.460 e. The van der Waals surface area contributed by atoms with Crippen molar-refractivity contribution < 1.29 is 14.3 Å². The third-order valence-electron chi connectivity index (χ3n) is 5.35. The second-order valence-corrected chi connectivity index (χ2v) is 7.16. The van der Waals surface area contributed by atoms with Crippen molar-refractivity contribution in [3.63, 3.8) is 0 Å². The molecule has 2 unspecified atom stereocenters. The van der Waals surface area contributed by atoms with E-state index < -0.39 is 11.7 Å². The molecule has 2 aromatic carbocycles. The lowest BCUT2D eigenvalue weighted by Crippen LogP contribution is -2.27. The molecule has 1 saturated heterocycles. The number of hydrogen-bond donors (Lipinski definition) is 0. The minimum absolute atomic E-state index is 0.0527. The quantitative estimate of drug-likeness (QED) is 0.609. The van der Waals surface area contributed by atoms with E-state index in [1.807, 2.05) is 30.3 Å². The van der Waals surface area contributed by atoms with E-state index >= 15 is 0 Å². The van der Waals surface area contributed by atoms with Crippen molar-refractivity contribution in [3.8, 4) is 0 Å². The monoisotopic (exact) mass is 336 g/mol. The van der Waals surface area contributed by atoms with Crippen LogP contribution < -0.4 is 0 Å². The molecular weight excluding hydrogens is 312 g/mol. The maximum atomic E-state index is 12.8. The molecule has 0 radical (unpaired) electrons. The molecule has 2 aromatic rings. The van der Waals surface area contributed by atoms with E-state index in [0.717, 1.165) is 36.8 Å². The molecule has 1 aliphatic heterocycles. The SMILES string of the molecule is Cc1ccc(C2(c3ccccc3)OC2C(=O)OC2CCCCC2)cc1. The molecule has 25 heavy (non-hydrogen) atoms. The van der Waals surface area contributed by atoms with E-state index in [0.29, 0.717) is 0 Å². The van der Waals surface area contributed by atoms with Crippen LogP contribution in [0, 0.1) is 6.92 Å². The number of aryl methyl sites for hydroxylation is 1. The van der Waals surface area contributed by atoms with Crippen LogP contribution in [0.15, 0.2) is 54.6 Å². The summed E-state index contributed by atoms with van der Waals surface area (Å²) in [5.74, 6) is -0.226. The Hall–Kier alpha value is -2.13. The smallest absolute Gasteiger partial charge is 0.339 e. The topological polar surface area (TPSA) is 38.8 Å². The lowest BCUT2D eigenvalue weighted by atomic mass is 9.87. The number of rotatable bonds is 4. The highest BCUT2D eigenvalue weighted by Gasteiger charge is 2.64. The third kappa shape index (κ3) is 3.09. The highest BCUT2D eigenvalue weighted by molar-refractivity contribution is 5.82. The summed E-state index contributed by atoms with van der Waals surface area (Å²) in [5.41, 5.74) is 2.49. The number of epoxide rings is 1. The Bertz CT molecular complexity index is 732. The molecule has 2 fully saturated rings.